The van der Waals surface area contributed by atoms with Gasteiger partial charge in [-0.15, -0.1) is 0 Å². The summed E-state index contributed by atoms with van der Waals surface area (Å²) < 4.78 is 0. The van der Waals surface area contributed by atoms with Gasteiger partial charge in [0, 0.05) is 18.2 Å². The van der Waals surface area contributed by atoms with Crippen LogP contribution >= 0.6 is 0 Å². The molecule has 1 aliphatic heterocycles. The molecule has 1 aliphatic carbocycles. The van der Waals surface area contributed by atoms with Crippen LogP contribution in [0.3, 0.4) is 0 Å². The standard InChI is InChI=1S/C17H24N2O/c20-17(13-6-3-1-2-4-7-13)19-16-9-5-8-14-12-18-11-10-15(14)16/h5,8-9,13,18H,1-4,6-7,10-12H2,(H,19,20). The number of hydrogen-bond acceptors (Lipinski definition) is 2. The molecule has 1 saturated carbocycles. The highest BCUT2D eigenvalue weighted by molar-refractivity contribution is 5.93. The third-order valence-corrected chi connectivity index (χ3v) is 4.62. The van der Waals surface area contributed by atoms with Crippen molar-refractivity contribution in [2.45, 2.75) is 51.5 Å². The number of carbonyl (C=O) groups is 1. The molecule has 2 aliphatic rings. The smallest absolute Gasteiger partial charge is 0.227 e. The fraction of sp³-hybridized carbons (Fsp3) is 0.588. The molecule has 2 N–H and O–H groups in total. The second-order valence-corrected chi connectivity index (χ2v) is 6.05. The number of benzene rings is 1. The summed E-state index contributed by atoms with van der Waals surface area (Å²) in [6.07, 6.45) is 8.11. The Balaban J connectivity index is 1.72. The van der Waals surface area contributed by atoms with Gasteiger partial charge in [0.2, 0.25) is 5.91 Å². The van der Waals surface area contributed by atoms with Gasteiger partial charge >= 0.3 is 0 Å². The zero-order valence-electron chi connectivity index (χ0n) is 12.1. The summed E-state index contributed by atoms with van der Waals surface area (Å²) in [5.41, 5.74) is 3.70. The van der Waals surface area contributed by atoms with Crippen LogP contribution in [0.2, 0.25) is 0 Å². The highest BCUT2D eigenvalue weighted by Gasteiger charge is 2.21. The van der Waals surface area contributed by atoms with Crippen LogP contribution in [-0.2, 0) is 17.8 Å². The van der Waals surface area contributed by atoms with Gasteiger partial charge < -0.3 is 10.6 Å². The fourth-order valence-corrected chi connectivity index (χ4v) is 3.43. The van der Waals surface area contributed by atoms with E-state index in [0.29, 0.717) is 0 Å². The SMILES string of the molecule is O=C(Nc1cccc2c1CCNC2)C1CCCCCC1. The molecule has 0 radical (unpaired) electrons. The van der Waals surface area contributed by atoms with Gasteiger partial charge in [-0.25, -0.2) is 0 Å². The molecule has 1 amide bonds. The van der Waals surface area contributed by atoms with Crippen molar-refractivity contribution in [3.63, 3.8) is 0 Å². The summed E-state index contributed by atoms with van der Waals surface area (Å²) in [4.78, 5) is 12.5. The quantitative estimate of drug-likeness (QED) is 0.811. The van der Waals surface area contributed by atoms with Crippen LogP contribution in [0.4, 0.5) is 5.69 Å². The summed E-state index contributed by atoms with van der Waals surface area (Å²) in [6, 6.07) is 6.26. The Hall–Kier alpha value is -1.35. The molecule has 3 nitrogen and oxygen atoms in total. The number of rotatable bonds is 2. The predicted molar refractivity (Wildman–Crippen MR) is 81.7 cm³/mol. The number of amides is 1. The molecule has 0 aromatic heterocycles. The van der Waals surface area contributed by atoms with Crippen molar-refractivity contribution >= 4 is 11.6 Å². The largest absolute Gasteiger partial charge is 0.326 e. The van der Waals surface area contributed by atoms with Gasteiger partial charge in [-0.05, 0) is 43.0 Å². The molecule has 0 unspecified atom stereocenters. The Morgan fingerprint density at radius 3 is 2.75 bits per heavy atom. The van der Waals surface area contributed by atoms with Crippen LogP contribution in [0.5, 0.6) is 0 Å². The van der Waals surface area contributed by atoms with E-state index in [1.165, 1.54) is 36.8 Å². The van der Waals surface area contributed by atoms with E-state index in [-0.39, 0.29) is 11.8 Å². The minimum absolute atomic E-state index is 0.218. The molecule has 0 bridgehead atoms. The van der Waals surface area contributed by atoms with Gasteiger partial charge in [0.25, 0.3) is 0 Å². The van der Waals surface area contributed by atoms with Crippen LogP contribution in [0, 0.1) is 5.92 Å². The molecular weight excluding hydrogens is 248 g/mol. The molecule has 108 valence electrons. The lowest BCUT2D eigenvalue weighted by Gasteiger charge is -2.22. The van der Waals surface area contributed by atoms with Crippen LogP contribution < -0.4 is 10.6 Å². The summed E-state index contributed by atoms with van der Waals surface area (Å²) in [5, 5.41) is 6.58. The van der Waals surface area contributed by atoms with Crippen LogP contribution in [0.1, 0.15) is 49.7 Å². The van der Waals surface area contributed by atoms with Crippen molar-refractivity contribution in [1.82, 2.24) is 5.32 Å². The van der Waals surface area contributed by atoms with E-state index < -0.39 is 0 Å². The molecule has 1 heterocycles. The second kappa shape index (κ2) is 6.40. The maximum atomic E-state index is 12.5. The number of anilines is 1. The highest BCUT2D eigenvalue weighted by atomic mass is 16.1. The average molecular weight is 272 g/mol. The van der Waals surface area contributed by atoms with Crippen LogP contribution in [-0.4, -0.2) is 12.5 Å². The van der Waals surface area contributed by atoms with E-state index in [1.807, 2.05) is 0 Å². The molecule has 0 saturated heterocycles. The number of carbonyl (C=O) groups excluding carboxylic acids is 1. The molecule has 3 heteroatoms. The first-order chi connectivity index (χ1) is 9.84. The lowest BCUT2D eigenvalue weighted by Crippen LogP contribution is -2.27. The summed E-state index contributed by atoms with van der Waals surface area (Å²) in [7, 11) is 0. The summed E-state index contributed by atoms with van der Waals surface area (Å²) >= 11 is 0. The number of nitrogens with one attached hydrogen (secondary N) is 2. The van der Waals surface area contributed by atoms with Crippen LogP contribution in [0.15, 0.2) is 18.2 Å². The first-order valence-electron chi connectivity index (χ1n) is 7.97. The molecule has 0 atom stereocenters. The number of hydrogen-bond donors (Lipinski definition) is 2. The van der Waals surface area contributed by atoms with Gasteiger partial charge in [0.15, 0.2) is 0 Å². The topological polar surface area (TPSA) is 41.1 Å². The first-order valence-corrected chi connectivity index (χ1v) is 7.97. The minimum atomic E-state index is 0.218. The van der Waals surface area contributed by atoms with Gasteiger partial charge in [-0.2, -0.15) is 0 Å². The van der Waals surface area contributed by atoms with E-state index in [0.717, 1.165) is 38.0 Å². The highest BCUT2D eigenvalue weighted by Crippen LogP contribution is 2.27. The van der Waals surface area contributed by atoms with Crippen molar-refractivity contribution in [3.05, 3.63) is 29.3 Å². The van der Waals surface area contributed by atoms with Crippen molar-refractivity contribution in [1.29, 1.82) is 0 Å². The van der Waals surface area contributed by atoms with Gasteiger partial charge in [0.1, 0.15) is 0 Å². The third-order valence-electron chi connectivity index (χ3n) is 4.62. The molecule has 1 aromatic rings. The van der Waals surface area contributed by atoms with Crippen molar-refractivity contribution in [3.8, 4) is 0 Å². The minimum Gasteiger partial charge on any atom is -0.326 e. The zero-order valence-corrected chi connectivity index (χ0v) is 12.1. The normalized spacial score (nSPS) is 20.0. The Morgan fingerprint density at radius 2 is 1.95 bits per heavy atom. The zero-order chi connectivity index (χ0) is 13.8. The van der Waals surface area contributed by atoms with Crippen molar-refractivity contribution in [2.75, 3.05) is 11.9 Å². The average Bonchev–Trinajstić information content (AvgIpc) is 2.77. The third kappa shape index (κ3) is 3.04. The predicted octanol–water partition coefficient (Wildman–Crippen LogP) is 3.24. The monoisotopic (exact) mass is 272 g/mol. The van der Waals surface area contributed by atoms with Crippen molar-refractivity contribution in [2.24, 2.45) is 5.92 Å². The Labute approximate surface area is 121 Å². The van der Waals surface area contributed by atoms with E-state index in [2.05, 4.69) is 28.8 Å². The lowest BCUT2D eigenvalue weighted by atomic mass is 9.96. The van der Waals surface area contributed by atoms with Gasteiger partial charge in [-0.3, -0.25) is 4.79 Å². The lowest BCUT2D eigenvalue weighted by molar-refractivity contribution is -0.120. The molecule has 20 heavy (non-hydrogen) atoms. The first kappa shape index (κ1) is 13.6. The van der Waals surface area contributed by atoms with E-state index in [1.54, 1.807) is 0 Å². The fourth-order valence-electron chi connectivity index (χ4n) is 3.43. The molecule has 3 rings (SSSR count). The maximum Gasteiger partial charge on any atom is 0.227 e. The van der Waals surface area contributed by atoms with Crippen LogP contribution in [0.25, 0.3) is 0 Å². The maximum absolute atomic E-state index is 12.5. The Bertz CT molecular complexity index is 476. The molecule has 1 aromatic carbocycles. The van der Waals surface area contributed by atoms with E-state index in [4.69, 9.17) is 0 Å². The Morgan fingerprint density at radius 1 is 1.15 bits per heavy atom. The number of fused-ring (bicyclic) bond motifs is 1. The van der Waals surface area contributed by atoms with E-state index in [9.17, 15) is 4.79 Å². The molecule has 1 fully saturated rings. The summed E-state index contributed by atoms with van der Waals surface area (Å²) in [5.74, 6) is 0.453. The Kier molecular flexibility index (Phi) is 4.36. The van der Waals surface area contributed by atoms with Gasteiger partial charge in [-0.1, -0.05) is 37.8 Å². The van der Waals surface area contributed by atoms with E-state index >= 15 is 0 Å². The molecular formula is C17H24N2O. The summed E-state index contributed by atoms with van der Waals surface area (Å²) in [6.45, 7) is 1.92. The molecule has 0 spiro atoms. The van der Waals surface area contributed by atoms with Gasteiger partial charge in [0.05, 0.1) is 0 Å². The second-order valence-electron chi connectivity index (χ2n) is 6.05. The van der Waals surface area contributed by atoms with Crippen molar-refractivity contribution < 1.29 is 4.79 Å².